The summed E-state index contributed by atoms with van der Waals surface area (Å²) in [6, 6.07) is 12.4. The molecule has 2 amide bonds. The summed E-state index contributed by atoms with van der Waals surface area (Å²) in [6.45, 7) is 5.65. The minimum atomic E-state index is -0.719. The zero-order valence-electron chi connectivity index (χ0n) is 15.5. The van der Waals surface area contributed by atoms with Gasteiger partial charge in [-0.15, -0.1) is 0 Å². The predicted octanol–water partition coefficient (Wildman–Crippen LogP) is 4.56. The quantitative estimate of drug-likeness (QED) is 0.730. The van der Waals surface area contributed by atoms with Crippen LogP contribution in [0.15, 0.2) is 42.5 Å². The number of ether oxygens (including phenoxy) is 1. The number of likely N-dealkylation sites (N-methyl/N-ethyl adjacent to an activating group) is 1. The molecule has 0 fully saturated rings. The van der Waals surface area contributed by atoms with Crippen LogP contribution in [-0.2, 0) is 9.59 Å². The van der Waals surface area contributed by atoms with Crippen LogP contribution < -0.4 is 10.1 Å². The fourth-order valence-electron chi connectivity index (χ4n) is 2.52. The summed E-state index contributed by atoms with van der Waals surface area (Å²) in [6.07, 6.45) is -0.719. The summed E-state index contributed by atoms with van der Waals surface area (Å²) in [4.78, 5) is 26.4. The largest absolute Gasteiger partial charge is 0.481 e. The van der Waals surface area contributed by atoms with E-state index in [0.29, 0.717) is 28.0 Å². The zero-order valence-corrected chi connectivity index (χ0v) is 17.0. The summed E-state index contributed by atoms with van der Waals surface area (Å²) in [5.41, 5.74) is 1.37. The van der Waals surface area contributed by atoms with Crippen molar-refractivity contribution in [3.63, 3.8) is 0 Å². The molecular weight excluding hydrogens is 387 g/mol. The van der Waals surface area contributed by atoms with E-state index >= 15 is 0 Å². The van der Waals surface area contributed by atoms with Crippen LogP contribution in [0.1, 0.15) is 19.4 Å². The van der Waals surface area contributed by atoms with Crippen LogP contribution >= 0.6 is 23.2 Å². The van der Waals surface area contributed by atoms with Crippen molar-refractivity contribution in [1.29, 1.82) is 0 Å². The number of carbonyl (C=O) groups is 2. The number of hydrogen-bond donors (Lipinski definition) is 1. The molecule has 5 nitrogen and oxygen atoms in total. The molecule has 0 saturated heterocycles. The molecule has 0 radical (unpaired) electrons. The topological polar surface area (TPSA) is 58.6 Å². The number of carbonyl (C=O) groups excluding carboxylic acids is 2. The molecule has 0 aliphatic heterocycles. The predicted molar refractivity (Wildman–Crippen MR) is 109 cm³/mol. The van der Waals surface area contributed by atoms with Gasteiger partial charge in [0.1, 0.15) is 5.75 Å². The van der Waals surface area contributed by atoms with Crippen molar-refractivity contribution in [1.82, 2.24) is 4.90 Å². The van der Waals surface area contributed by atoms with Crippen LogP contribution in [0.5, 0.6) is 5.75 Å². The van der Waals surface area contributed by atoms with Gasteiger partial charge in [0, 0.05) is 6.54 Å². The molecule has 7 heteroatoms. The molecular formula is C20H22Cl2N2O3. The molecule has 0 aliphatic rings. The van der Waals surface area contributed by atoms with E-state index in [1.165, 1.54) is 4.90 Å². The standard InChI is InChI=1S/C20H22Cl2N2O3/c1-4-24(12-18(25)23-19-16(21)9-6-10-17(19)22)20(26)14(3)27-15-8-5-7-13(2)11-15/h5-11,14H,4,12H2,1-3H3,(H,23,25). The Labute approximate surface area is 169 Å². The van der Waals surface area contributed by atoms with Gasteiger partial charge in [-0.1, -0.05) is 41.4 Å². The number of benzene rings is 2. The average Bonchev–Trinajstić information content (AvgIpc) is 2.62. The highest BCUT2D eigenvalue weighted by Gasteiger charge is 2.23. The summed E-state index contributed by atoms with van der Waals surface area (Å²) in [7, 11) is 0. The van der Waals surface area contributed by atoms with Crippen molar-refractivity contribution in [2.45, 2.75) is 26.9 Å². The maximum atomic E-state index is 12.7. The van der Waals surface area contributed by atoms with Gasteiger partial charge in [-0.05, 0) is 50.6 Å². The van der Waals surface area contributed by atoms with Crippen molar-refractivity contribution < 1.29 is 14.3 Å². The SMILES string of the molecule is CCN(CC(=O)Nc1c(Cl)cccc1Cl)C(=O)C(C)Oc1cccc(C)c1. The molecule has 2 aromatic rings. The Hall–Kier alpha value is -2.24. The maximum absolute atomic E-state index is 12.7. The molecule has 0 saturated carbocycles. The van der Waals surface area contributed by atoms with Crippen molar-refractivity contribution in [3.8, 4) is 5.75 Å². The van der Waals surface area contributed by atoms with Crippen molar-refractivity contribution in [2.24, 2.45) is 0 Å². The average molecular weight is 409 g/mol. The Kier molecular flexibility index (Phi) is 7.51. The number of amides is 2. The van der Waals surface area contributed by atoms with Crippen molar-refractivity contribution in [2.75, 3.05) is 18.4 Å². The number of anilines is 1. The molecule has 144 valence electrons. The molecule has 2 aromatic carbocycles. The van der Waals surface area contributed by atoms with Gasteiger partial charge < -0.3 is 15.0 Å². The molecule has 0 aromatic heterocycles. The van der Waals surface area contributed by atoms with Gasteiger partial charge in [0.25, 0.3) is 5.91 Å². The Balaban J connectivity index is 2.00. The first-order valence-electron chi connectivity index (χ1n) is 8.57. The molecule has 2 rings (SSSR count). The van der Waals surface area contributed by atoms with Gasteiger partial charge in [0.15, 0.2) is 6.10 Å². The van der Waals surface area contributed by atoms with Crippen LogP contribution in [0.4, 0.5) is 5.69 Å². The lowest BCUT2D eigenvalue weighted by molar-refractivity contribution is -0.140. The Bertz CT molecular complexity index is 806. The highest BCUT2D eigenvalue weighted by Crippen LogP contribution is 2.29. The molecule has 0 aliphatic carbocycles. The first-order valence-corrected chi connectivity index (χ1v) is 9.33. The van der Waals surface area contributed by atoms with E-state index in [4.69, 9.17) is 27.9 Å². The van der Waals surface area contributed by atoms with Gasteiger partial charge in [-0.2, -0.15) is 0 Å². The highest BCUT2D eigenvalue weighted by molar-refractivity contribution is 6.39. The number of halogens is 2. The van der Waals surface area contributed by atoms with Crippen LogP contribution in [0.2, 0.25) is 10.0 Å². The first kappa shape index (κ1) is 21.1. The summed E-state index contributed by atoms with van der Waals surface area (Å²) in [5, 5.41) is 3.33. The second-order valence-corrected chi connectivity index (χ2v) is 6.89. The fraction of sp³-hybridized carbons (Fsp3) is 0.300. The minimum absolute atomic E-state index is 0.127. The van der Waals surface area contributed by atoms with Gasteiger partial charge in [0.05, 0.1) is 22.3 Å². The Morgan fingerprint density at radius 2 is 1.78 bits per heavy atom. The minimum Gasteiger partial charge on any atom is -0.481 e. The number of aryl methyl sites for hydroxylation is 1. The molecule has 1 N–H and O–H groups in total. The van der Waals surface area contributed by atoms with E-state index in [1.807, 2.05) is 25.1 Å². The Morgan fingerprint density at radius 3 is 2.37 bits per heavy atom. The van der Waals surface area contributed by atoms with Gasteiger partial charge in [-0.3, -0.25) is 9.59 Å². The van der Waals surface area contributed by atoms with E-state index in [0.717, 1.165) is 5.56 Å². The molecule has 27 heavy (non-hydrogen) atoms. The van der Waals surface area contributed by atoms with Crippen molar-refractivity contribution >= 4 is 40.7 Å². The normalized spacial score (nSPS) is 11.6. The number of hydrogen-bond acceptors (Lipinski definition) is 3. The molecule has 1 unspecified atom stereocenters. The van der Waals surface area contributed by atoms with Gasteiger partial charge in [0.2, 0.25) is 5.91 Å². The lowest BCUT2D eigenvalue weighted by Crippen LogP contribution is -2.44. The second-order valence-electron chi connectivity index (χ2n) is 6.07. The zero-order chi connectivity index (χ0) is 20.0. The van der Waals surface area contributed by atoms with Crippen LogP contribution in [0.3, 0.4) is 0 Å². The molecule has 0 bridgehead atoms. The van der Waals surface area contributed by atoms with E-state index in [-0.39, 0.29) is 18.4 Å². The molecule has 0 spiro atoms. The maximum Gasteiger partial charge on any atom is 0.263 e. The van der Waals surface area contributed by atoms with Crippen LogP contribution in [0.25, 0.3) is 0 Å². The van der Waals surface area contributed by atoms with Crippen molar-refractivity contribution in [3.05, 3.63) is 58.1 Å². The van der Waals surface area contributed by atoms with Crippen LogP contribution in [0, 0.1) is 6.92 Å². The third-order valence-corrected chi connectivity index (χ3v) is 4.54. The van der Waals surface area contributed by atoms with Crippen LogP contribution in [-0.4, -0.2) is 35.9 Å². The third kappa shape index (κ3) is 5.88. The number of nitrogens with zero attached hydrogens (tertiary/aromatic N) is 1. The lowest BCUT2D eigenvalue weighted by Gasteiger charge is -2.24. The summed E-state index contributed by atoms with van der Waals surface area (Å²) >= 11 is 12.1. The highest BCUT2D eigenvalue weighted by atomic mass is 35.5. The monoisotopic (exact) mass is 408 g/mol. The van der Waals surface area contributed by atoms with Gasteiger partial charge in [-0.25, -0.2) is 0 Å². The third-order valence-electron chi connectivity index (χ3n) is 3.91. The summed E-state index contributed by atoms with van der Waals surface area (Å²) < 4.78 is 5.71. The van der Waals surface area contributed by atoms with E-state index in [1.54, 1.807) is 38.1 Å². The van der Waals surface area contributed by atoms with E-state index < -0.39 is 6.10 Å². The summed E-state index contributed by atoms with van der Waals surface area (Å²) in [5.74, 6) is -0.0541. The fourth-order valence-corrected chi connectivity index (χ4v) is 3.01. The van der Waals surface area contributed by atoms with Gasteiger partial charge >= 0.3 is 0 Å². The smallest absolute Gasteiger partial charge is 0.263 e. The molecule has 1 atom stereocenters. The lowest BCUT2D eigenvalue weighted by atomic mass is 10.2. The van der Waals surface area contributed by atoms with E-state index in [2.05, 4.69) is 5.32 Å². The number of nitrogens with one attached hydrogen (secondary N) is 1. The first-order chi connectivity index (χ1) is 12.8. The number of rotatable bonds is 7. The second kappa shape index (κ2) is 9.62. The van der Waals surface area contributed by atoms with E-state index in [9.17, 15) is 9.59 Å². The molecule has 0 heterocycles. The number of para-hydroxylation sites is 1. The Morgan fingerprint density at radius 1 is 1.15 bits per heavy atom.